The molecule has 0 aliphatic rings. The quantitative estimate of drug-likeness (QED) is 0.853. The fourth-order valence-corrected chi connectivity index (χ4v) is 1.43. The Labute approximate surface area is 100 Å². The highest BCUT2D eigenvalue weighted by molar-refractivity contribution is 6.30. The van der Waals surface area contributed by atoms with Crippen molar-refractivity contribution in [3.05, 3.63) is 34.9 Å². The van der Waals surface area contributed by atoms with Crippen LogP contribution in [-0.2, 0) is 4.79 Å². The molecule has 16 heavy (non-hydrogen) atoms. The van der Waals surface area contributed by atoms with Crippen molar-refractivity contribution in [3.8, 4) is 0 Å². The van der Waals surface area contributed by atoms with Crippen molar-refractivity contribution >= 4 is 17.5 Å². The van der Waals surface area contributed by atoms with Crippen LogP contribution in [0.2, 0.25) is 5.02 Å². The van der Waals surface area contributed by atoms with Gasteiger partial charge in [0.1, 0.15) is 5.60 Å². The summed E-state index contributed by atoms with van der Waals surface area (Å²) < 4.78 is 0. The molecule has 1 atom stereocenters. The predicted molar refractivity (Wildman–Crippen MR) is 64.3 cm³/mol. The van der Waals surface area contributed by atoms with Crippen LogP contribution in [0.1, 0.15) is 32.4 Å². The van der Waals surface area contributed by atoms with Crippen LogP contribution in [-0.4, -0.2) is 16.6 Å². The molecule has 0 heterocycles. The number of benzene rings is 1. The molecule has 2 N–H and O–H groups in total. The maximum absolute atomic E-state index is 11.5. The summed E-state index contributed by atoms with van der Waals surface area (Å²) in [5.41, 5.74) is -0.461. The van der Waals surface area contributed by atoms with Crippen LogP contribution in [0.3, 0.4) is 0 Å². The first-order chi connectivity index (χ1) is 7.30. The Morgan fingerprint density at radius 3 is 2.62 bits per heavy atom. The lowest BCUT2D eigenvalue weighted by atomic mass is 10.1. The Morgan fingerprint density at radius 2 is 2.12 bits per heavy atom. The molecule has 1 rings (SSSR count). The van der Waals surface area contributed by atoms with Gasteiger partial charge < -0.3 is 10.4 Å². The molecule has 0 fully saturated rings. The van der Waals surface area contributed by atoms with E-state index in [-0.39, 0.29) is 6.04 Å². The summed E-state index contributed by atoms with van der Waals surface area (Å²) in [5, 5.41) is 12.8. The average molecular weight is 242 g/mol. The van der Waals surface area contributed by atoms with Gasteiger partial charge in [-0.05, 0) is 38.5 Å². The second-order valence-corrected chi connectivity index (χ2v) is 4.75. The van der Waals surface area contributed by atoms with Gasteiger partial charge in [0.25, 0.3) is 5.91 Å². The number of carbonyl (C=O) groups excluding carboxylic acids is 1. The SMILES string of the molecule is CC(NC(=O)C(C)(C)O)c1cccc(Cl)c1. The van der Waals surface area contributed by atoms with Crippen molar-refractivity contribution in [2.45, 2.75) is 32.4 Å². The van der Waals surface area contributed by atoms with Crippen molar-refractivity contribution in [1.29, 1.82) is 0 Å². The van der Waals surface area contributed by atoms with Gasteiger partial charge in [-0.2, -0.15) is 0 Å². The number of halogens is 1. The van der Waals surface area contributed by atoms with Gasteiger partial charge in [0.05, 0.1) is 6.04 Å². The molecule has 0 aliphatic heterocycles. The Morgan fingerprint density at radius 1 is 1.50 bits per heavy atom. The molecule has 0 aliphatic carbocycles. The van der Waals surface area contributed by atoms with E-state index >= 15 is 0 Å². The molecule has 1 aromatic rings. The molecule has 0 saturated heterocycles. The van der Waals surface area contributed by atoms with Crippen LogP contribution in [0.15, 0.2) is 24.3 Å². The third kappa shape index (κ3) is 3.51. The summed E-state index contributed by atoms with van der Waals surface area (Å²) in [5.74, 6) is -0.403. The maximum atomic E-state index is 11.5. The third-order valence-electron chi connectivity index (χ3n) is 2.25. The Bertz CT molecular complexity index is 385. The average Bonchev–Trinajstić information content (AvgIpc) is 2.16. The van der Waals surface area contributed by atoms with Gasteiger partial charge in [0, 0.05) is 5.02 Å². The number of hydrogen-bond donors (Lipinski definition) is 2. The molecule has 1 amide bonds. The highest BCUT2D eigenvalue weighted by Gasteiger charge is 2.25. The summed E-state index contributed by atoms with van der Waals surface area (Å²) in [6.45, 7) is 4.75. The molecule has 88 valence electrons. The molecule has 1 aromatic carbocycles. The van der Waals surface area contributed by atoms with Crippen molar-refractivity contribution in [3.63, 3.8) is 0 Å². The van der Waals surface area contributed by atoms with E-state index < -0.39 is 11.5 Å². The minimum Gasteiger partial charge on any atom is -0.381 e. The summed E-state index contributed by atoms with van der Waals surface area (Å²) in [6.07, 6.45) is 0. The Kier molecular flexibility index (Phi) is 3.94. The van der Waals surface area contributed by atoms with E-state index in [1.165, 1.54) is 13.8 Å². The molecule has 1 unspecified atom stereocenters. The van der Waals surface area contributed by atoms with Crippen LogP contribution in [0, 0.1) is 0 Å². The fourth-order valence-electron chi connectivity index (χ4n) is 1.23. The third-order valence-corrected chi connectivity index (χ3v) is 2.49. The first-order valence-electron chi connectivity index (χ1n) is 5.09. The minimum atomic E-state index is -1.37. The van der Waals surface area contributed by atoms with Crippen molar-refractivity contribution < 1.29 is 9.90 Å². The molecule has 0 aromatic heterocycles. The lowest BCUT2D eigenvalue weighted by molar-refractivity contribution is -0.137. The van der Waals surface area contributed by atoms with Gasteiger partial charge in [0.2, 0.25) is 0 Å². The number of rotatable bonds is 3. The highest BCUT2D eigenvalue weighted by Crippen LogP contribution is 2.18. The monoisotopic (exact) mass is 241 g/mol. The van der Waals surface area contributed by atoms with E-state index in [4.69, 9.17) is 11.6 Å². The molecule has 0 radical (unpaired) electrons. The van der Waals surface area contributed by atoms with Crippen LogP contribution >= 0.6 is 11.6 Å². The summed E-state index contributed by atoms with van der Waals surface area (Å²) in [4.78, 5) is 11.5. The Balaban J connectivity index is 2.73. The predicted octanol–water partition coefficient (Wildman–Crippen LogP) is 2.29. The van der Waals surface area contributed by atoms with E-state index in [1.807, 2.05) is 19.1 Å². The fraction of sp³-hybridized carbons (Fsp3) is 0.417. The molecule has 0 bridgehead atoms. The topological polar surface area (TPSA) is 49.3 Å². The van der Waals surface area contributed by atoms with Gasteiger partial charge in [-0.25, -0.2) is 0 Å². The minimum absolute atomic E-state index is 0.183. The van der Waals surface area contributed by atoms with E-state index in [9.17, 15) is 9.90 Å². The van der Waals surface area contributed by atoms with Gasteiger partial charge in [0.15, 0.2) is 0 Å². The zero-order valence-corrected chi connectivity index (χ0v) is 10.4. The molecule has 4 heteroatoms. The van der Waals surface area contributed by atoms with Gasteiger partial charge in [-0.15, -0.1) is 0 Å². The molecule has 0 saturated carbocycles. The highest BCUT2D eigenvalue weighted by atomic mass is 35.5. The first-order valence-corrected chi connectivity index (χ1v) is 5.47. The van der Waals surface area contributed by atoms with Crippen LogP contribution in [0.25, 0.3) is 0 Å². The number of aliphatic hydroxyl groups is 1. The van der Waals surface area contributed by atoms with E-state index in [1.54, 1.807) is 12.1 Å². The van der Waals surface area contributed by atoms with Crippen LogP contribution in [0.5, 0.6) is 0 Å². The maximum Gasteiger partial charge on any atom is 0.251 e. The van der Waals surface area contributed by atoms with Crippen molar-refractivity contribution in [2.24, 2.45) is 0 Å². The lowest BCUT2D eigenvalue weighted by Crippen LogP contribution is -2.42. The number of nitrogens with one attached hydrogen (secondary N) is 1. The van der Waals surface area contributed by atoms with Crippen molar-refractivity contribution in [2.75, 3.05) is 0 Å². The smallest absolute Gasteiger partial charge is 0.251 e. The zero-order valence-electron chi connectivity index (χ0n) is 9.62. The van der Waals surface area contributed by atoms with Crippen LogP contribution in [0.4, 0.5) is 0 Å². The largest absolute Gasteiger partial charge is 0.381 e. The zero-order chi connectivity index (χ0) is 12.3. The standard InChI is InChI=1S/C12H16ClNO2/c1-8(14-11(15)12(2,3)16)9-5-4-6-10(13)7-9/h4-8,16H,1-3H3,(H,14,15). The van der Waals surface area contributed by atoms with Crippen LogP contribution < -0.4 is 5.32 Å². The molecule has 0 spiro atoms. The number of hydrogen-bond acceptors (Lipinski definition) is 2. The van der Waals surface area contributed by atoms with Crippen molar-refractivity contribution in [1.82, 2.24) is 5.32 Å². The molecular formula is C12H16ClNO2. The van der Waals surface area contributed by atoms with Gasteiger partial charge >= 0.3 is 0 Å². The second-order valence-electron chi connectivity index (χ2n) is 4.31. The number of amides is 1. The molecular weight excluding hydrogens is 226 g/mol. The summed E-state index contributed by atoms with van der Waals surface area (Å²) in [7, 11) is 0. The lowest BCUT2D eigenvalue weighted by Gasteiger charge is -2.21. The molecule has 3 nitrogen and oxygen atoms in total. The Hall–Kier alpha value is -1.06. The van der Waals surface area contributed by atoms with E-state index in [0.717, 1.165) is 5.56 Å². The number of carbonyl (C=O) groups is 1. The summed E-state index contributed by atoms with van der Waals surface area (Å²) >= 11 is 5.85. The normalized spacial score (nSPS) is 13.3. The van der Waals surface area contributed by atoms with E-state index in [0.29, 0.717) is 5.02 Å². The summed E-state index contributed by atoms with van der Waals surface area (Å²) in [6, 6.07) is 7.08. The second kappa shape index (κ2) is 4.85. The first kappa shape index (κ1) is 13.0. The van der Waals surface area contributed by atoms with Gasteiger partial charge in [-0.3, -0.25) is 4.79 Å². The van der Waals surface area contributed by atoms with E-state index in [2.05, 4.69) is 5.32 Å². The van der Waals surface area contributed by atoms with Gasteiger partial charge in [-0.1, -0.05) is 23.7 Å².